The first-order valence-corrected chi connectivity index (χ1v) is 13.6. The van der Waals surface area contributed by atoms with E-state index in [4.69, 9.17) is 36.5 Å². The molecule has 0 aromatic heterocycles. The van der Waals surface area contributed by atoms with Gasteiger partial charge in [0, 0.05) is 13.0 Å². The van der Waals surface area contributed by atoms with Crippen molar-refractivity contribution in [3.8, 4) is 11.5 Å². The van der Waals surface area contributed by atoms with E-state index in [0.717, 1.165) is 35.8 Å². The van der Waals surface area contributed by atoms with Gasteiger partial charge >= 0.3 is 11.9 Å². The quantitative estimate of drug-likeness (QED) is 0.119. The molecule has 12 heteroatoms. The number of anilines is 1. The highest BCUT2D eigenvalue weighted by atomic mass is 16.5. The zero-order valence-corrected chi connectivity index (χ0v) is 23.8. The molecule has 1 heterocycles. The monoisotopic (exact) mass is 573 g/mol. The second kappa shape index (κ2) is 17.6. The number of nitrogens with zero attached hydrogens (tertiary/aromatic N) is 2. The van der Waals surface area contributed by atoms with Crippen LogP contribution < -0.4 is 31.6 Å². The van der Waals surface area contributed by atoms with Crippen molar-refractivity contribution < 1.29 is 34.0 Å². The van der Waals surface area contributed by atoms with Gasteiger partial charge in [-0.1, -0.05) is 38.1 Å². The van der Waals surface area contributed by atoms with E-state index < -0.39 is 24.1 Å². The smallest absolute Gasteiger partial charge is 0.333 e. The van der Waals surface area contributed by atoms with Gasteiger partial charge in [0.1, 0.15) is 30.8 Å². The standard InChI is InChI=1S/C23H29NO5.C6H14N4O2/c1-17(2)16-29-22(23(25)26)15-18-7-9-19(10-8-18)27-13-11-24-12-14-28-21-6-4-3-5-20(21)24;7-4(5(11)12)2-1-3-10-6(8)9/h3-10,17,22H,11-16H2,1-2H3,(H,25,26);4H,1-3,7H2,(H,11,12)(H4,8,9,10)/t22-;/m0./s1. The van der Waals surface area contributed by atoms with Crippen molar-refractivity contribution in [1.29, 1.82) is 0 Å². The normalized spacial score (nSPS) is 13.6. The molecule has 1 unspecified atom stereocenters. The number of aliphatic imine (C=N–C) groups is 1. The first-order chi connectivity index (χ1) is 19.6. The molecule has 12 nitrogen and oxygen atoms in total. The van der Waals surface area contributed by atoms with Crippen LogP contribution in [0.1, 0.15) is 32.3 Å². The Labute approximate surface area is 241 Å². The molecule has 2 atom stereocenters. The summed E-state index contributed by atoms with van der Waals surface area (Å²) in [5, 5.41) is 17.7. The second-order valence-electron chi connectivity index (χ2n) is 9.95. The average molecular weight is 574 g/mol. The van der Waals surface area contributed by atoms with E-state index in [1.165, 1.54) is 0 Å². The van der Waals surface area contributed by atoms with Crippen LogP contribution in [0.4, 0.5) is 5.69 Å². The Hall–Kier alpha value is -4.03. The van der Waals surface area contributed by atoms with Crippen LogP contribution >= 0.6 is 0 Å². The number of carboxylic acids is 2. The van der Waals surface area contributed by atoms with E-state index in [0.29, 0.717) is 51.5 Å². The summed E-state index contributed by atoms with van der Waals surface area (Å²) in [5.41, 5.74) is 17.3. The molecule has 0 saturated carbocycles. The number of carboxylic acid groups (broad SMARTS) is 2. The molecule has 3 rings (SSSR count). The third-order valence-electron chi connectivity index (χ3n) is 5.99. The first-order valence-electron chi connectivity index (χ1n) is 13.6. The summed E-state index contributed by atoms with van der Waals surface area (Å²) in [4.78, 5) is 27.6. The highest BCUT2D eigenvalue weighted by molar-refractivity contribution is 5.75. The lowest BCUT2D eigenvalue weighted by Gasteiger charge is -2.31. The Balaban J connectivity index is 0.000000415. The summed E-state index contributed by atoms with van der Waals surface area (Å²) in [5.74, 6) is 0.0578. The molecule has 0 fully saturated rings. The predicted octanol–water partition coefficient (Wildman–Crippen LogP) is 2.08. The van der Waals surface area contributed by atoms with Gasteiger partial charge in [0.2, 0.25) is 0 Å². The molecule has 8 N–H and O–H groups in total. The SMILES string of the molecule is CC(C)CO[C@@H](Cc1ccc(OCCN2CCOc3ccccc32)cc1)C(=O)O.NC(N)=NCCCC(N)C(=O)O. The Kier molecular flexibility index (Phi) is 14.3. The first kappa shape index (κ1) is 33.2. The molecule has 0 amide bonds. The van der Waals surface area contributed by atoms with Crippen molar-refractivity contribution in [2.24, 2.45) is 28.1 Å². The molecule has 0 saturated heterocycles. The number of fused-ring (bicyclic) bond motifs is 1. The van der Waals surface area contributed by atoms with Crippen LogP contribution in [0.2, 0.25) is 0 Å². The molecule has 0 bridgehead atoms. The van der Waals surface area contributed by atoms with Crippen LogP contribution in [0.15, 0.2) is 53.5 Å². The molecular formula is C29H43N5O7. The Morgan fingerprint density at radius 2 is 1.78 bits per heavy atom. The molecular weight excluding hydrogens is 530 g/mol. The van der Waals surface area contributed by atoms with Gasteiger partial charge in [-0.2, -0.15) is 0 Å². The van der Waals surface area contributed by atoms with E-state index in [1.54, 1.807) is 0 Å². The van der Waals surface area contributed by atoms with E-state index in [9.17, 15) is 14.7 Å². The van der Waals surface area contributed by atoms with E-state index in [2.05, 4.69) is 16.0 Å². The number of hydrogen-bond donors (Lipinski definition) is 5. The van der Waals surface area contributed by atoms with Gasteiger partial charge in [-0.25, -0.2) is 4.79 Å². The molecule has 41 heavy (non-hydrogen) atoms. The number of rotatable bonds is 15. The third-order valence-corrected chi connectivity index (χ3v) is 5.99. The zero-order chi connectivity index (χ0) is 30.2. The van der Waals surface area contributed by atoms with E-state index in [-0.39, 0.29) is 5.96 Å². The second-order valence-corrected chi connectivity index (χ2v) is 9.95. The number of benzene rings is 2. The maximum absolute atomic E-state index is 11.4. The van der Waals surface area contributed by atoms with Crippen LogP contribution in [0, 0.1) is 5.92 Å². The number of nitrogens with two attached hydrogens (primary N) is 3. The van der Waals surface area contributed by atoms with Crippen LogP contribution in [-0.2, 0) is 20.7 Å². The van der Waals surface area contributed by atoms with Crippen molar-refractivity contribution in [2.75, 3.05) is 44.4 Å². The number of guanidine groups is 1. The lowest BCUT2D eigenvalue weighted by Crippen LogP contribution is -2.35. The Morgan fingerprint density at radius 3 is 2.41 bits per heavy atom. The van der Waals surface area contributed by atoms with Crippen LogP contribution in [0.25, 0.3) is 0 Å². The minimum absolute atomic E-state index is 0.0129. The summed E-state index contributed by atoms with van der Waals surface area (Å²) in [6.07, 6.45) is 0.468. The Bertz CT molecular complexity index is 1110. The number of carbonyl (C=O) groups is 2. The van der Waals surface area contributed by atoms with Crippen molar-refractivity contribution >= 4 is 23.6 Å². The molecule has 0 spiro atoms. The molecule has 226 valence electrons. The van der Waals surface area contributed by atoms with Crippen molar-refractivity contribution in [2.45, 2.75) is 45.3 Å². The minimum Gasteiger partial charge on any atom is -0.492 e. The third kappa shape index (κ3) is 12.8. The number of aliphatic carboxylic acids is 2. The molecule has 2 aromatic carbocycles. The van der Waals surface area contributed by atoms with Gasteiger partial charge in [-0.05, 0) is 48.6 Å². The summed E-state index contributed by atoms with van der Waals surface area (Å²) in [6, 6.07) is 14.8. The van der Waals surface area contributed by atoms with Crippen LogP contribution in [0.3, 0.4) is 0 Å². The number of hydrogen-bond acceptors (Lipinski definition) is 8. The minimum atomic E-state index is -1.00. The van der Waals surface area contributed by atoms with Crippen molar-refractivity contribution in [1.82, 2.24) is 0 Å². The van der Waals surface area contributed by atoms with Gasteiger partial charge in [-0.15, -0.1) is 0 Å². The molecule has 0 aliphatic carbocycles. The van der Waals surface area contributed by atoms with Gasteiger partial charge < -0.3 is 46.5 Å². The van der Waals surface area contributed by atoms with E-state index >= 15 is 0 Å². The average Bonchev–Trinajstić information content (AvgIpc) is 2.94. The summed E-state index contributed by atoms with van der Waals surface area (Å²) < 4.78 is 17.1. The molecule has 2 aromatic rings. The highest BCUT2D eigenvalue weighted by Crippen LogP contribution is 2.30. The van der Waals surface area contributed by atoms with Crippen LogP contribution in [-0.4, -0.2) is 79.7 Å². The topological polar surface area (TPSA) is 196 Å². The largest absolute Gasteiger partial charge is 0.492 e. The lowest BCUT2D eigenvalue weighted by molar-refractivity contribution is -0.151. The summed E-state index contributed by atoms with van der Waals surface area (Å²) in [6.45, 7) is 7.70. The molecule has 1 aliphatic rings. The van der Waals surface area contributed by atoms with Gasteiger partial charge in [-0.3, -0.25) is 9.79 Å². The number of para-hydroxylation sites is 2. The number of ether oxygens (including phenoxy) is 3. The van der Waals surface area contributed by atoms with Gasteiger partial charge in [0.15, 0.2) is 12.1 Å². The maximum atomic E-state index is 11.4. The summed E-state index contributed by atoms with van der Waals surface area (Å²) in [7, 11) is 0. The fraction of sp³-hybridized carbons (Fsp3) is 0.483. The summed E-state index contributed by atoms with van der Waals surface area (Å²) >= 11 is 0. The predicted molar refractivity (Wildman–Crippen MR) is 158 cm³/mol. The van der Waals surface area contributed by atoms with Crippen LogP contribution in [0.5, 0.6) is 11.5 Å². The van der Waals surface area contributed by atoms with Gasteiger partial charge in [0.25, 0.3) is 0 Å². The van der Waals surface area contributed by atoms with Crippen molar-refractivity contribution in [3.63, 3.8) is 0 Å². The fourth-order valence-electron chi connectivity index (χ4n) is 3.84. The molecule has 0 radical (unpaired) electrons. The van der Waals surface area contributed by atoms with E-state index in [1.807, 2.05) is 56.3 Å². The highest BCUT2D eigenvalue weighted by Gasteiger charge is 2.20. The fourth-order valence-corrected chi connectivity index (χ4v) is 3.84. The lowest BCUT2D eigenvalue weighted by atomic mass is 10.1. The Morgan fingerprint density at radius 1 is 1.07 bits per heavy atom. The van der Waals surface area contributed by atoms with Crippen molar-refractivity contribution in [3.05, 3.63) is 54.1 Å². The zero-order valence-electron chi connectivity index (χ0n) is 23.8. The van der Waals surface area contributed by atoms with Gasteiger partial charge in [0.05, 0.1) is 25.4 Å². The molecule has 1 aliphatic heterocycles. The maximum Gasteiger partial charge on any atom is 0.333 e.